The van der Waals surface area contributed by atoms with Crippen molar-refractivity contribution in [3.63, 3.8) is 0 Å². The Morgan fingerprint density at radius 1 is 1.00 bits per heavy atom. The molecule has 0 bridgehead atoms. The summed E-state index contributed by atoms with van der Waals surface area (Å²) in [6.07, 6.45) is 3.72. The van der Waals surface area contributed by atoms with Crippen molar-refractivity contribution < 1.29 is 9.18 Å². The third-order valence-corrected chi connectivity index (χ3v) is 7.06. The minimum Gasteiger partial charge on any atom is -0.365 e. The van der Waals surface area contributed by atoms with Gasteiger partial charge in [-0.3, -0.25) is 4.79 Å². The van der Waals surface area contributed by atoms with Crippen molar-refractivity contribution in [2.24, 2.45) is 0 Å². The maximum Gasteiger partial charge on any atom is 0.255 e. The fourth-order valence-corrected chi connectivity index (χ4v) is 4.91. The van der Waals surface area contributed by atoms with Crippen LogP contribution in [0.15, 0.2) is 79.3 Å². The van der Waals surface area contributed by atoms with E-state index in [1.54, 1.807) is 41.8 Å². The number of hydrogen-bond acceptors (Lipinski definition) is 6. The number of fused-ring (bicyclic) bond motifs is 1. The molecule has 1 amide bonds. The lowest BCUT2D eigenvalue weighted by Crippen LogP contribution is -2.26. The van der Waals surface area contributed by atoms with Gasteiger partial charge in [-0.25, -0.2) is 19.3 Å². The molecule has 3 heterocycles. The third kappa shape index (κ3) is 5.50. The van der Waals surface area contributed by atoms with E-state index in [2.05, 4.69) is 31.7 Å². The first-order chi connectivity index (χ1) is 17.6. The summed E-state index contributed by atoms with van der Waals surface area (Å²) >= 11 is 7.88. The molecule has 180 valence electrons. The van der Waals surface area contributed by atoms with Crippen molar-refractivity contribution >= 4 is 45.6 Å². The number of nitrogens with one attached hydrogen (secondary N) is 2. The monoisotopic (exact) mass is 517 g/mol. The molecule has 0 fully saturated rings. The Bertz CT molecular complexity index is 1520. The van der Waals surface area contributed by atoms with Gasteiger partial charge in [0, 0.05) is 27.9 Å². The molecule has 0 aliphatic carbocycles. The van der Waals surface area contributed by atoms with E-state index >= 15 is 0 Å². The van der Waals surface area contributed by atoms with E-state index in [1.165, 1.54) is 18.5 Å². The largest absolute Gasteiger partial charge is 0.365 e. The summed E-state index contributed by atoms with van der Waals surface area (Å²) in [4.78, 5) is 27.6. The van der Waals surface area contributed by atoms with Crippen LogP contribution in [0.3, 0.4) is 0 Å². The highest BCUT2D eigenvalue weighted by Gasteiger charge is 2.13. The zero-order chi connectivity index (χ0) is 24.9. The van der Waals surface area contributed by atoms with Gasteiger partial charge in [0.2, 0.25) is 0 Å². The van der Waals surface area contributed by atoms with Gasteiger partial charge in [-0.2, -0.15) is 0 Å². The zero-order valence-corrected chi connectivity index (χ0v) is 20.6. The molecular weight excluding hydrogens is 497 g/mol. The predicted octanol–water partition coefficient (Wildman–Crippen LogP) is 6.13. The average Bonchev–Trinajstić information content (AvgIpc) is 3.38. The minimum absolute atomic E-state index is 0.213. The van der Waals surface area contributed by atoms with Gasteiger partial charge in [0.25, 0.3) is 5.91 Å². The van der Waals surface area contributed by atoms with Gasteiger partial charge in [0.05, 0.1) is 17.6 Å². The molecule has 0 aliphatic heterocycles. The molecule has 3 aromatic heterocycles. The predicted molar refractivity (Wildman–Crippen MR) is 142 cm³/mol. The first-order valence-electron chi connectivity index (χ1n) is 11.3. The topological polar surface area (TPSA) is 79.8 Å². The van der Waals surface area contributed by atoms with E-state index in [4.69, 9.17) is 11.6 Å². The van der Waals surface area contributed by atoms with Crippen LogP contribution < -0.4 is 10.6 Å². The Morgan fingerprint density at radius 2 is 1.86 bits per heavy atom. The highest BCUT2D eigenvalue weighted by Crippen LogP contribution is 2.32. The molecule has 5 aromatic rings. The molecule has 5 rings (SSSR count). The number of nitrogens with zero attached hydrogens (tertiary/aromatic N) is 3. The number of halogens is 2. The maximum atomic E-state index is 13.1. The van der Waals surface area contributed by atoms with E-state index in [-0.39, 0.29) is 11.7 Å². The lowest BCUT2D eigenvalue weighted by Gasteiger charge is -2.11. The van der Waals surface area contributed by atoms with Crippen molar-refractivity contribution in [3.05, 3.63) is 106 Å². The summed E-state index contributed by atoms with van der Waals surface area (Å²) in [5.41, 5.74) is 3.26. The lowest BCUT2D eigenvalue weighted by atomic mass is 10.1. The van der Waals surface area contributed by atoms with Crippen LogP contribution in [0.5, 0.6) is 0 Å². The van der Waals surface area contributed by atoms with Crippen molar-refractivity contribution in [1.82, 2.24) is 20.3 Å². The Labute approximate surface area is 216 Å². The lowest BCUT2D eigenvalue weighted by molar-refractivity contribution is 0.0954. The van der Waals surface area contributed by atoms with Crippen LogP contribution in [0, 0.1) is 5.82 Å². The molecule has 2 N–H and O–H groups in total. The first-order valence-corrected chi connectivity index (χ1v) is 12.5. The van der Waals surface area contributed by atoms with E-state index in [0.717, 1.165) is 31.8 Å². The fraction of sp³-hybridized carbons (Fsp3) is 0.111. The molecule has 0 atom stereocenters. The molecule has 6 nitrogen and oxygen atoms in total. The van der Waals surface area contributed by atoms with Gasteiger partial charge in [-0.05, 0) is 66.1 Å². The van der Waals surface area contributed by atoms with Crippen molar-refractivity contribution in [2.75, 3.05) is 11.9 Å². The summed E-state index contributed by atoms with van der Waals surface area (Å²) in [5, 5.41) is 7.44. The second-order valence-corrected chi connectivity index (χ2v) is 9.57. The Hall–Kier alpha value is -3.88. The number of benzene rings is 2. The van der Waals surface area contributed by atoms with Gasteiger partial charge in [-0.15, -0.1) is 11.3 Å². The molecule has 0 unspecified atom stereocenters. The number of rotatable bonds is 8. The fourth-order valence-electron chi connectivity index (χ4n) is 3.77. The molecule has 9 heteroatoms. The number of amides is 1. The second kappa shape index (κ2) is 10.8. The van der Waals surface area contributed by atoms with E-state index < -0.39 is 0 Å². The van der Waals surface area contributed by atoms with Gasteiger partial charge in [0.1, 0.15) is 23.1 Å². The van der Waals surface area contributed by atoms with E-state index in [9.17, 15) is 9.18 Å². The van der Waals surface area contributed by atoms with Crippen LogP contribution in [0.25, 0.3) is 21.3 Å². The molecule has 0 radical (unpaired) electrons. The van der Waals surface area contributed by atoms with Crippen LogP contribution in [0.2, 0.25) is 5.15 Å². The zero-order valence-electron chi connectivity index (χ0n) is 19.0. The number of carbonyl (C=O) groups excluding carboxylic acids is 1. The maximum absolute atomic E-state index is 13.1. The van der Waals surface area contributed by atoms with E-state index in [1.807, 2.05) is 24.3 Å². The molecular formula is C27H21ClFN5OS. The standard InChI is InChI=1S/C27H21ClFN5OS/c28-25-22-14-18(5-9-23(22)33-16-34-25)24-10-8-20(36-24)15-32-26-21(2-1-12-30-26)27(35)31-13-11-17-3-6-19(29)7-4-17/h1-10,12,14,16H,11,13,15H2,(H,30,32)(H,31,35). The highest BCUT2D eigenvalue weighted by molar-refractivity contribution is 7.15. The van der Waals surface area contributed by atoms with Crippen LogP contribution in [0.4, 0.5) is 10.2 Å². The number of thiophene rings is 1. The number of carbonyl (C=O) groups is 1. The smallest absolute Gasteiger partial charge is 0.255 e. The summed E-state index contributed by atoms with van der Waals surface area (Å²) in [6, 6.07) is 19.8. The van der Waals surface area contributed by atoms with Gasteiger partial charge in [-0.1, -0.05) is 29.8 Å². The van der Waals surface area contributed by atoms with Crippen LogP contribution in [-0.2, 0) is 13.0 Å². The van der Waals surface area contributed by atoms with Gasteiger partial charge in [0.15, 0.2) is 0 Å². The summed E-state index contributed by atoms with van der Waals surface area (Å²) < 4.78 is 13.1. The van der Waals surface area contributed by atoms with E-state index in [0.29, 0.717) is 36.0 Å². The highest BCUT2D eigenvalue weighted by atomic mass is 35.5. The molecule has 36 heavy (non-hydrogen) atoms. The quantitative estimate of drug-likeness (QED) is 0.242. The number of pyridine rings is 1. The Kier molecular flexibility index (Phi) is 7.16. The van der Waals surface area contributed by atoms with Crippen LogP contribution in [-0.4, -0.2) is 27.4 Å². The van der Waals surface area contributed by atoms with Crippen molar-refractivity contribution in [1.29, 1.82) is 0 Å². The first kappa shape index (κ1) is 23.8. The van der Waals surface area contributed by atoms with Gasteiger partial charge >= 0.3 is 0 Å². The Morgan fingerprint density at radius 3 is 2.72 bits per heavy atom. The van der Waals surface area contributed by atoms with Crippen LogP contribution in [0.1, 0.15) is 20.8 Å². The number of aromatic nitrogens is 3. The normalized spacial score (nSPS) is 10.9. The number of hydrogen-bond donors (Lipinski definition) is 2. The SMILES string of the molecule is O=C(NCCc1ccc(F)cc1)c1cccnc1NCc1ccc(-c2ccc3ncnc(Cl)c3c2)s1. The summed E-state index contributed by atoms with van der Waals surface area (Å²) in [5.74, 6) is 0.0270. The summed E-state index contributed by atoms with van der Waals surface area (Å²) in [6.45, 7) is 0.961. The average molecular weight is 518 g/mol. The molecule has 0 spiro atoms. The molecule has 0 aliphatic rings. The second-order valence-electron chi connectivity index (χ2n) is 8.05. The third-order valence-electron chi connectivity index (χ3n) is 5.63. The molecule has 2 aromatic carbocycles. The Balaban J connectivity index is 1.22. The number of anilines is 1. The van der Waals surface area contributed by atoms with Crippen molar-refractivity contribution in [3.8, 4) is 10.4 Å². The molecule has 0 saturated carbocycles. The molecule has 0 saturated heterocycles. The summed E-state index contributed by atoms with van der Waals surface area (Å²) in [7, 11) is 0. The minimum atomic E-state index is -0.275. The van der Waals surface area contributed by atoms with Crippen molar-refractivity contribution in [2.45, 2.75) is 13.0 Å². The van der Waals surface area contributed by atoms with Crippen LogP contribution >= 0.6 is 22.9 Å². The van der Waals surface area contributed by atoms with Gasteiger partial charge < -0.3 is 10.6 Å².